The smallest absolute Gasteiger partial charge is 0.220 e. The van der Waals surface area contributed by atoms with Gasteiger partial charge in [0.1, 0.15) is 5.75 Å². The average Bonchev–Trinajstić information content (AvgIpc) is 3.45. The number of ether oxygens (including phenoxy) is 1. The van der Waals surface area contributed by atoms with E-state index >= 15 is 0 Å². The normalized spacial score (nSPS) is 16.4. The van der Waals surface area contributed by atoms with Crippen molar-refractivity contribution in [3.8, 4) is 22.9 Å². The van der Waals surface area contributed by atoms with Gasteiger partial charge in [-0.05, 0) is 36.8 Å². The number of fused-ring (bicyclic) bond motifs is 1. The highest BCUT2D eigenvalue weighted by Gasteiger charge is 2.21. The summed E-state index contributed by atoms with van der Waals surface area (Å²) >= 11 is 0. The van der Waals surface area contributed by atoms with Crippen LogP contribution in [0.4, 0.5) is 0 Å². The molecule has 0 saturated carbocycles. The van der Waals surface area contributed by atoms with Gasteiger partial charge in [0.25, 0.3) is 0 Å². The molecule has 1 unspecified atom stereocenters. The van der Waals surface area contributed by atoms with E-state index in [-0.39, 0.29) is 11.9 Å². The van der Waals surface area contributed by atoms with Crippen molar-refractivity contribution in [1.82, 2.24) is 30.3 Å². The summed E-state index contributed by atoms with van der Waals surface area (Å²) in [6.07, 6.45) is 6.70. The van der Waals surface area contributed by atoms with Crippen molar-refractivity contribution < 1.29 is 9.53 Å². The number of aromatic nitrogens is 5. The zero-order chi connectivity index (χ0) is 18.9. The maximum absolute atomic E-state index is 11.4. The third kappa shape index (κ3) is 3.20. The van der Waals surface area contributed by atoms with Crippen LogP contribution in [0.25, 0.3) is 22.2 Å². The molecule has 2 N–H and O–H groups in total. The first-order valence-electron chi connectivity index (χ1n) is 9.13. The minimum atomic E-state index is 0.114. The Labute approximate surface area is 160 Å². The van der Waals surface area contributed by atoms with E-state index in [1.807, 2.05) is 47.3 Å². The number of H-pyrrole nitrogens is 1. The average molecular weight is 374 g/mol. The highest BCUT2D eigenvalue weighted by atomic mass is 16.5. The standard InChI is InChI=1S/C20H18N6O2/c27-19-5-2-15(24-19)12-26-18-4-3-16(9-14(18)11-23-26)28-20-6-1-13(10-21-20)17-7-8-22-25-17/h1,3-4,6-11,15H,2,5,12H2,(H,22,25)(H,24,27). The van der Waals surface area contributed by atoms with E-state index < -0.39 is 0 Å². The Morgan fingerprint density at radius 3 is 2.89 bits per heavy atom. The fraction of sp³-hybridized carbons (Fsp3) is 0.200. The fourth-order valence-electron chi connectivity index (χ4n) is 3.43. The second kappa shape index (κ2) is 6.80. The van der Waals surface area contributed by atoms with Crippen molar-refractivity contribution in [3.63, 3.8) is 0 Å². The molecule has 1 atom stereocenters. The number of nitrogens with one attached hydrogen (secondary N) is 2. The maximum atomic E-state index is 11.4. The first kappa shape index (κ1) is 16.5. The summed E-state index contributed by atoms with van der Waals surface area (Å²) in [6.45, 7) is 0.673. The summed E-state index contributed by atoms with van der Waals surface area (Å²) in [7, 11) is 0. The summed E-state index contributed by atoms with van der Waals surface area (Å²) in [4.78, 5) is 15.7. The minimum absolute atomic E-state index is 0.114. The molecule has 1 fully saturated rings. The minimum Gasteiger partial charge on any atom is -0.439 e. The maximum Gasteiger partial charge on any atom is 0.220 e. The molecule has 1 aromatic carbocycles. The van der Waals surface area contributed by atoms with Crippen LogP contribution in [0.3, 0.4) is 0 Å². The van der Waals surface area contributed by atoms with E-state index in [2.05, 4.69) is 25.6 Å². The second-order valence-electron chi connectivity index (χ2n) is 6.81. The highest BCUT2D eigenvalue weighted by Crippen LogP contribution is 2.26. The Morgan fingerprint density at radius 2 is 2.14 bits per heavy atom. The van der Waals surface area contributed by atoms with Crippen LogP contribution in [-0.2, 0) is 11.3 Å². The van der Waals surface area contributed by atoms with Gasteiger partial charge < -0.3 is 10.1 Å². The largest absolute Gasteiger partial charge is 0.439 e. The molecular formula is C20H18N6O2. The molecule has 8 nitrogen and oxygen atoms in total. The molecule has 1 saturated heterocycles. The number of rotatable bonds is 5. The molecule has 4 heterocycles. The molecule has 0 aliphatic carbocycles. The molecule has 1 aliphatic rings. The first-order valence-corrected chi connectivity index (χ1v) is 9.13. The fourth-order valence-corrected chi connectivity index (χ4v) is 3.43. The van der Waals surface area contributed by atoms with Gasteiger partial charge in [0.15, 0.2) is 0 Å². The van der Waals surface area contributed by atoms with E-state index in [0.717, 1.165) is 28.6 Å². The zero-order valence-electron chi connectivity index (χ0n) is 15.0. The van der Waals surface area contributed by atoms with Gasteiger partial charge in [-0.25, -0.2) is 4.98 Å². The number of amides is 1. The third-order valence-electron chi connectivity index (χ3n) is 4.86. The van der Waals surface area contributed by atoms with Crippen molar-refractivity contribution in [2.45, 2.75) is 25.4 Å². The van der Waals surface area contributed by atoms with E-state index in [1.165, 1.54) is 0 Å². The van der Waals surface area contributed by atoms with Crippen LogP contribution in [0.1, 0.15) is 12.8 Å². The molecule has 140 valence electrons. The van der Waals surface area contributed by atoms with Gasteiger partial charge >= 0.3 is 0 Å². The highest BCUT2D eigenvalue weighted by molar-refractivity contribution is 5.81. The summed E-state index contributed by atoms with van der Waals surface area (Å²) in [5, 5.41) is 15.3. The second-order valence-corrected chi connectivity index (χ2v) is 6.81. The van der Waals surface area contributed by atoms with E-state index in [9.17, 15) is 4.79 Å². The zero-order valence-corrected chi connectivity index (χ0v) is 15.0. The van der Waals surface area contributed by atoms with Crippen molar-refractivity contribution >= 4 is 16.8 Å². The lowest BCUT2D eigenvalue weighted by Crippen LogP contribution is -2.29. The van der Waals surface area contributed by atoms with Gasteiger partial charge in [0, 0.05) is 41.9 Å². The molecule has 0 radical (unpaired) electrons. The van der Waals surface area contributed by atoms with Crippen LogP contribution < -0.4 is 10.1 Å². The Bertz CT molecular complexity index is 1120. The summed E-state index contributed by atoms with van der Waals surface area (Å²) in [6, 6.07) is 11.6. The van der Waals surface area contributed by atoms with Gasteiger partial charge in [-0.15, -0.1) is 0 Å². The lowest BCUT2D eigenvalue weighted by atomic mass is 10.2. The number of pyridine rings is 1. The molecule has 4 aromatic rings. The molecule has 8 heteroatoms. The number of aromatic amines is 1. The van der Waals surface area contributed by atoms with Gasteiger partial charge in [-0.3, -0.25) is 14.6 Å². The number of benzene rings is 1. The molecule has 5 rings (SSSR count). The SMILES string of the molecule is O=C1CCC(Cn2ncc3cc(Oc4ccc(-c5ccn[nH]5)cn4)ccc32)N1. The lowest BCUT2D eigenvalue weighted by molar-refractivity contribution is -0.119. The predicted molar refractivity (Wildman–Crippen MR) is 103 cm³/mol. The summed E-state index contributed by atoms with van der Waals surface area (Å²) in [5.41, 5.74) is 2.86. The quantitative estimate of drug-likeness (QED) is 0.560. The molecule has 3 aromatic heterocycles. The van der Waals surface area contributed by atoms with Crippen molar-refractivity contribution in [3.05, 3.63) is 55.0 Å². The molecular weight excluding hydrogens is 356 g/mol. The molecule has 28 heavy (non-hydrogen) atoms. The van der Waals surface area contributed by atoms with E-state index in [4.69, 9.17) is 4.74 Å². The van der Waals surface area contributed by atoms with Gasteiger partial charge in [-0.1, -0.05) is 0 Å². The number of hydrogen-bond donors (Lipinski definition) is 2. The number of nitrogens with zero attached hydrogens (tertiary/aromatic N) is 4. The summed E-state index contributed by atoms with van der Waals surface area (Å²) in [5.74, 6) is 1.33. The number of carbonyl (C=O) groups excluding carboxylic acids is 1. The van der Waals surface area contributed by atoms with Crippen molar-refractivity contribution in [2.75, 3.05) is 0 Å². The van der Waals surface area contributed by atoms with Gasteiger partial charge in [-0.2, -0.15) is 10.2 Å². The Balaban J connectivity index is 1.32. The Kier molecular flexibility index (Phi) is 4.01. The van der Waals surface area contributed by atoms with Crippen molar-refractivity contribution in [2.24, 2.45) is 0 Å². The topological polar surface area (TPSA) is 97.7 Å². The van der Waals surface area contributed by atoms with Crippen LogP contribution in [-0.4, -0.2) is 36.9 Å². The van der Waals surface area contributed by atoms with Crippen LogP contribution in [0.15, 0.2) is 55.0 Å². The van der Waals surface area contributed by atoms with E-state index in [1.54, 1.807) is 12.4 Å². The molecule has 1 amide bonds. The van der Waals surface area contributed by atoms with Crippen LogP contribution in [0, 0.1) is 0 Å². The summed E-state index contributed by atoms with van der Waals surface area (Å²) < 4.78 is 7.81. The molecule has 1 aliphatic heterocycles. The Hall–Kier alpha value is -3.68. The van der Waals surface area contributed by atoms with Gasteiger partial charge in [0.05, 0.1) is 24.0 Å². The Morgan fingerprint density at radius 1 is 1.18 bits per heavy atom. The van der Waals surface area contributed by atoms with Gasteiger partial charge in [0.2, 0.25) is 11.8 Å². The number of hydrogen-bond acceptors (Lipinski definition) is 5. The molecule has 0 bridgehead atoms. The van der Waals surface area contributed by atoms with Crippen LogP contribution in [0.2, 0.25) is 0 Å². The first-order chi connectivity index (χ1) is 13.7. The van der Waals surface area contributed by atoms with Crippen LogP contribution in [0.5, 0.6) is 11.6 Å². The molecule has 0 spiro atoms. The third-order valence-corrected chi connectivity index (χ3v) is 4.86. The monoisotopic (exact) mass is 374 g/mol. The van der Waals surface area contributed by atoms with Crippen LogP contribution >= 0.6 is 0 Å². The van der Waals surface area contributed by atoms with Crippen molar-refractivity contribution in [1.29, 1.82) is 0 Å². The predicted octanol–water partition coefficient (Wildman–Crippen LogP) is 2.89. The lowest BCUT2D eigenvalue weighted by Gasteiger charge is -2.11. The number of carbonyl (C=O) groups is 1. The van der Waals surface area contributed by atoms with E-state index in [0.29, 0.717) is 24.6 Å².